The Kier molecular flexibility index (Phi) is 7.14. The van der Waals surface area contributed by atoms with Gasteiger partial charge in [0.2, 0.25) is 5.91 Å². The molecule has 3 atom stereocenters. The number of halogens is 6. The van der Waals surface area contributed by atoms with Crippen molar-refractivity contribution >= 4 is 27.8 Å². The lowest BCUT2D eigenvalue weighted by Gasteiger charge is -2.30. The molecule has 1 fully saturated rings. The van der Waals surface area contributed by atoms with Crippen LogP contribution in [0.25, 0.3) is 21.9 Å². The number of benzene rings is 2. The number of hydrogen-bond acceptors (Lipinski definition) is 5. The average molecular weight is 541 g/mol. The Bertz CT molecular complexity index is 1390. The van der Waals surface area contributed by atoms with Gasteiger partial charge in [0.25, 0.3) is 6.43 Å². The molecule has 4 rings (SSSR count). The van der Waals surface area contributed by atoms with Gasteiger partial charge in [0.1, 0.15) is 34.5 Å². The van der Waals surface area contributed by atoms with E-state index in [0.717, 1.165) is 26.0 Å². The van der Waals surface area contributed by atoms with E-state index < -0.39 is 54.3 Å². The molecule has 2 unspecified atom stereocenters. The SMILES string of the molecule is CC(C)(F)C[C@H](NC(c1ccc2c(c1)oc1ccc(C(O)C(F)F)cc12)C(F)(F)F)C(=O)NC1(C#N)CC1. The van der Waals surface area contributed by atoms with Gasteiger partial charge in [-0.3, -0.25) is 10.1 Å². The zero-order chi connectivity index (χ0) is 28.0. The predicted molar refractivity (Wildman–Crippen MR) is 126 cm³/mol. The Hall–Kier alpha value is -3.30. The number of furan rings is 1. The zero-order valence-electron chi connectivity index (χ0n) is 20.4. The van der Waals surface area contributed by atoms with Crippen molar-refractivity contribution in [3.8, 4) is 6.07 Å². The van der Waals surface area contributed by atoms with Crippen LogP contribution in [0.5, 0.6) is 0 Å². The molecule has 0 bridgehead atoms. The third-order valence-corrected chi connectivity index (χ3v) is 6.46. The van der Waals surface area contributed by atoms with Gasteiger partial charge in [-0.2, -0.15) is 18.4 Å². The molecule has 2 aromatic carbocycles. The third-order valence-electron chi connectivity index (χ3n) is 6.46. The van der Waals surface area contributed by atoms with E-state index in [9.17, 15) is 41.5 Å². The van der Waals surface area contributed by atoms with Gasteiger partial charge in [-0.15, -0.1) is 0 Å². The molecule has 12 heteroatoms. The topological polar surface area (TPSA) is 98.3 Å². The normalized spacial score (nSPS) is 17.8. The number of aliphatic hydroxyl groups excluding tert-OH is 1. The van der Waals surface area contributed by atoms with Crippen LogP contribution in [-0.4, -0.2) is 40.9 Å². The molecule has 1 amide bonds. The van der Waals surface area contributed by atoms with Gasteiger partial charge < -0.3 is 14.8 Å². The van der Waals surface area contributed by atoms with Crippen LogP contribution in [0.1, 0.15) is 56.4 Å². The first-order chi connectivity index (χ1) is 17.6. The molecule has 204 valence electrons. The largest absolute Gasteiger partial charge is 0.456 e. The first kappa shape index (κ1) is 27.7. The van der Waals surface area contributed by atoms with E-state index in [1.54, 1.807) is 0 Å². The number of nitrogens with one attached hydrogen (secondary N) is 2. The van der Waals surface area contributed by atoms with Crippen molar-refractivity contribution in [3.63, 3.8) is 0 Å². The minimum absolute atomic E-state index is 0.0190. The number of fused-ring (bicyclic) bond motifs is 3. The van der Waals surface area contributed by atoms with E-state index in [1.807, 2.05) is 6.07 Å². The van der Waals surface area contributed by atoms with E-state index in [0.29, 0.717) is 23.6 Å². The average Bonchev–Trinajstić information content (AvgIpc) is 3.50. The second kappa shape index (κ2) is 9.78. The molecular weight excluding hydrogens is 516 g/mol. The van der Waals surface area contributed by atoms with Gasteiger partial charge in [0, 0.05) is 17.2 Å². The van der Waals surface area contributed by atoms with Gasteiger partial charge in [0.05, 0.1) is 12.1 Å². The maximum Gasteiger partial charge on any atom is 0.407 e. The second-order valence-corrected chi connectivity index (χ2v) is 10.2. The molecule has 0 saturated heterocycles. The summed E-state index contributed by atoms with van der Waals surface area (Å²) >= 11 is 0. The highest BCUT2D eigenvalue weighted by Gasteiger charge is 2.48. The highest BCUT2D eigenvalue weighted by Crippen LogP contribution is 2.39. The van der Waals surface area contributed by atoms with Crippen molar-refractivity contribution in [2.45, 2.75) is 75.1 Å². The van der Waals surface area contributed by atoms with Crippen LogP contribution in [0.2, 0.25) is 0 Å². The van der Waals surface area contributed by atoms with E-state index in [-0.39, 0.29) is 22.3 Å². The summed E-state index contributed by atoms with van der Waals surface area (Å²) in [6, 6.07) is 5.33. The van der Waals surface area contributed by atoms with E-state index in [4.69, 9.17) is 4.42 Å². The highest BCUT2D eigenvalue weighted by atomic mass is 19.4. The lowest BCUT2D eigenvalue weighted by atomic mass is 9.96. The first-order valence-corrected chi connectivity index (χ1v) is 11.8. The molecule has 0 aliphatic heterocycles. The third kappa shape index (κ3) is 5.89. The number of hydrogen-bond donors (Lipinski definition) is 3. The molecule has 0 radical (unpaired) electrons. The molecule has 3 N–H and O–H groups in total. The number of carbonyl (C=O) groups is 1. The quantitative estimate of drug-likeness (QED) is 0.300. The summed E-state index contributed by atoms with van der Waals surface area (Å²) in [7, 11) is 0. The van der Waals surface area contributed by atoms with Crippen molar-refractivity contribution in [1.82, 2.24) is 10.6 Å². The summed E-state index contributed by atoms with van der Waals surface area (Å²) in [5, 5.41) is 24.2. The summed E-state index contributed by atoms with van der Waals surface area (Å²) in [6.45, 7) is 2.27. The first-order valence-electron chi connectivity index (χ1n) is 11.8. The van der Waals surface area contributed by atoms with Crippen molar-refractivity contribution in [2.75, 3.05) is 0 Å². The standard InChI is InChI=1S/C26H25F6N3O3/c1-24(2,29)11-17(23(37)35-25(12-33)7-8-25)34-21(26(30,31)32)14-3-5-15-16-9-13(20(36)22(27)28)4-6-18(16)38-19(15)10-14/h3-6,9-10,17,20-22,34,36H,7-8,11H2,1-2H3,(H,35,37)/t17-,20?,21?/m0/s1. The lowest BCUT2D eigenvalue weighted by Crippen LogP contribution is -2.53. The van der Waals surface area contributed by atoms with Crippen LogP contribution in [0.15, 0.2) is 40.8 Å². The molecular formula is C26H25F6N3O3. The number of nitrogens with zero attached hydrogens (tertiary/aromatic N) is 1. The van der Waals surface area contributed by atoms with Crippen LogP contribution in [0, 0.1) is 11.3 Å². The van der Waals surface area contributed by atoms with E-state index in [2.05, 4.69) is 10.6 Å². The van der Waals surface area contributed by atoms with Crippen LogP contribution >= 0.6 is 0 Å². The Morgan fingerprint density at radius 1 is 1.08 bits per heavy atom. The van der Waals surface area contributed by atoms with E-state index in [1.165, 1.54) is 24.3 Å². The van der Waals surface area contributed by atoms with Crippen molar-refractivity contribution < 1.29 is 40.7 Å². The molecule has 1 heterocycles. The maximum absolute atomic E-state index is 14.5. The van der Waals surface area contributed by atoms with E-state index >= 15 is 0 Å². The smallest absolute Gasteiger partial charge is 0.407 e. The van der Waals surface area contributed by atoms with Crippen LogP contribution < -0.4 is 10.6 Å². The monoisotopic (exact) mass is 541 g/mol. The van der Waals surface area contributed by atoms with Gasteiger partial charge in [-0.1, -0.05) is 18.2 Å². The maximum atomic E-state index is 14.5. The molecule has 6 nitrogen and oxygen atoms in total. The zero-order valence-corrected chi connectivity index (χ0v) is 20.4. The summed E-state index contributed by atoms with van der Waals surface area (Å²) in [6.07, 6.45) is -9.86. The summed E-state index contributed by atoms with van der Waals surface area (Å²) in [5.74, 6) is -0.918. The summed E-state index contributed by atoms with van der Waals surface area (Å²) < 4.78 is 88.7. The minimum Gasteiger partial charge on any atom is -0.456 e. The van der Waals surface area contributed by atoms with Gasteiger partial charge in [-0.05, 0) is 56.0 Å². The molecule has 3 aromatic rings. The number of amides is 1. The fourth-order valence-corrected chi connectivity index (χ4v) is 4.33. The Morgan fingerprint density at radius 2 is 1.74 bits per heavy atom. The Labute approximate surface area is 213 Å². The fraction of sp³-hybridized carbons (Fsp3) is 0.462. The number of aliphatic hydroxyl groups is 1. The number of nitriles is 1. The lowest BCUT2D eigenvalue weighted by molar-refractivity contribution is -0.161. The molecule has 1 saturated carbocycles. The molecule has 0 spiro atoms. The molecule has 38 heavy (non-hydrogen) atoms. The fourth-order valence-electron chi connectivity index (χ4n) is 4.33. The molecule has 1 aliphatic carbocycles. The second-order valence-electron chi connectivity index (χ2n) is 10.2. The minimum atomic E-state index is -4.90. The van der Waals surface area contributed by atoms with Crippen molar-refractivity contribution in [3.05, 3.63) is 47.5 Å². The van der Waals surface area contributed by atoms with Crippen LogP contribution in [0.3, 0.4) is 0 Å². The van der Waals surface area contributed by atoms with Crippen molar-refractivity contribution in [2.24, 2.45) is 0 Å². The van der Waals surface area contributed by atoms with Gasteiger partial charge >= 0.3 is 6.18 Å². The number of alkyl halides is 6. The Balaban J connectivity index is 1.70. The van der Waals surface area contributed by atoms with Crippen LogP contribution in [-0.2, 0) is 4.79 Å². The number of rotatable bonds is 9. The Morgan fingerprint density at radius 3 is 2.29 bits per heavy atom. The van der Waals surface area contributed by atoms with Crippen molar-refractivity contribution in [1.29, 1.82) is 5.26 Å². The highest BCUT2D eigenvalue weighted by molar-refractivity contribution is 6.05. The molecule has 1 aliphatic rings. The summed E-state index contributed by atoms with van der Waals surface area (Å²) in [5.41, 5.74) is -3.34. The summed E-state index contributed by atoms with van der Waals surface area (Å²) in [4.78, 5) is 12.8. The predicted octanol–water partition coefficient (Wildman–Crippen LogP) is 5.76. The number of carbonyl (C=O) groups excluding carboxylic acids is 1. The van der Waals surface area contributed by atoms with Gasteiger partial charge in [-0.25, -0.2) is 13.2 Å². The van der Waals surface area contributed by atoms with Gasteiger partial charge in [0.15, 0.2) is 0 Å². The van der Waals surface area contributed by atoms with Crippen LogP contribution in [0.4, 0.5) is 26.3 Å². The molecule has 1 aromatic heterocycles.